The molecule has 4 rings (SSSR count). The average Bonchev–Trinajstić information content (AvgIpc) is 3.14. The molecule has 1 unspecified atom stereocenters. The molecule has 9 heteroatoms. The van der Waals surface area contributed by atoms with Gasteiger partial charge in [-0.15, -0.1) is 0 Å². The molecule has 1 atom stereocenters. The van der Waals surface area contributed by atoms with Gasteiger partial charge >= 0.3 is 0 Å². The van der Waals surface area contributed by atoms with Gasteiger partial charge in [0.2, 0.25) is 0 Å². The van der Waals surface area contributed by atoms with E-state index in [0.717, 1.165) is 19.6 Å². The first-order valence-corrected chi connectivity index (χ1v) is 11.9. The number of hydrogen-bond acceptors (Lipinski definition) is 7. The number of aliphatic hydroxyl groups excluding tert-OH is 1. The molecule has 0 bridgehead atoms. The lowest BCUT2D eigenvalue weighted by Crippen LogP contribution is -2.38. The zero-order valence-corrected chi connectivity index (χ0v) is 20.6. The summed E-state index contributed by atoms with van der Waals surface area (Å²) in [4.78, 5) is 30.2. The molecule has 2 aromatic rings. The second kappa shape index (κ2) is 11.1. The first kappa shape index (κ1) is 25.0. The summed E-state index contributed by atoms with van der Waals surface area (Å²) < 4.78 is 16.2. The van der Waals surface area contributed by atoms with Gasteiger partial charge in [-0.25, -0.2) is 0 Å². The summed E-state index contributed by atoms with van der Waals surface area (Å²) in [5.41, 5.74) is 1.09. The van der Waals surface area contributed by atoms with E-state index >= 15 is 0 Å². The standard InChI is InChI=1S/C26H29ClN2O6/c1-33-20-9-6-18(16-21(20)34-2)23-22(24(30)17-4-7-19(27)8-5-17)25(31)26(32)29(23)11-3-10-28-12-14-35-15-13-28/h4-9,16,23,30H,3,10-15H2,1-2H3. The van der Waals surface area contributed by atoms with E-state index in [2.05, 4.69) is 4.90 Å². The molecule has 35 heavy (non-hydrogen) atoms. The van der Waals surface area contributed by atoms with Gasteiger partial charge in [0.05, 0.1) is 39.0 Å². The quantitative estimate of drug-likeness (QED) is 0.337. The Kier molecular flexibility index (Phi) is 7.95. The molecule has 0 radical (unpaired) electrons. The molecule has 2 fully saturated rings. The van der Waals surface area contributed by atoms with E-state index in [4.69, 9.17) is 25.8 Å². The van der Waals surface area contributed by atoms with Gasteiger partial charge in [-0.2, -0.15) is 0 Å². The van der Waals surface area contributed by atoms with Crippen LogP contribution in [-0.2, 0) is 14.3 Å². The molecule has 1 amide bonds. The molecular weight excluding hydrogens is 472 g/mol. The van der Waals surface area contributed by atoms with Gasteiger partial charge in [0.25, 0.3) is 11.7 Å². The third-order valence-corrected chi connectivity index (χ3v) is 6.61. The van der Waals surface area contributed by atoms with Crippen LogP contribution >= 0.6 is 11.6 Å². The molecule has 2 saturated heterocycles. The second-order valence-corrected chi connectivity index (χ2v) is 8.86. The van der Waals surface area contributed by atoms with Gasteiger partial charge in [0.1, 0.15) is 5.76 Å². The topological polar surface area (TPSA) is 88.5 Å². The van der Waals surface area contributed by atoms with Crippen LogP contribution in [0.1, 0.15) is 23.6 Å². The summed E-state index contributed by atoms with van der Waals surface area (Å²) >= 11 is 5.99. The molecule has 1 N–H and O–H groups in total. The highest BCUT2D eigenvalue weighted by atomic mass is 35.5. The Morgan fingerprint density at radius 2 is 1.71 bits per heavy atom. The third kappa shape index (κ3) is 5.29. The van der Waals surface area contributed by atoms with E-state index in [1.54, 1.807) is 42.5 Å². The Morgan fingerprint density at radius 1 is 1.03 bits per heavy atom. The van der Waals surface area contributed by atoms with Crippen LogP contribution in [0.3, 0.4) is 0 Å². The van der Waals surface area contributed by atoms with Crippen molar-refractivity contribution in [3.05, 3.63) is 64.2 Å². The number of methoxy groups -OCH3 is 2. The van der Waals surface area contributed by atoms with Crippen LogP contribution in [0.15, 0.2) is 48.0 Å². The number of amides is 1. The van der Waals surface area contributed by atoms with Crippen LogP contribution in [-0.4, -0.2) is 80.2 Å². The lowest BCUT2D eigenvalue weighted by atomic mass is 9.95. The summed E-state index contributed by atoms with van der Waals surface area (Å²) in [6.45, 7) is 4.21. The van der Waals surface area contributed by atoms with Crippen molar-refractivity contribution in [3.8, 4) is 11.5 Å². The van der Waals surface area contributed by atoms with E-state index < -0.39 is 17.7 Å². The number of likely N-dealkylation sites (tertiary alicyclic amines) is 1. The minimum atomic E-state index is -0.768. The van der Waals surface area contributed by atoms with Crippen molar-refractivity contribution >= 4 is 29.1 Å². The molecule has 2 aromatic carbocycles. The van der Waals surface area contributed by atoms with Gasteiger partial charge in [-0.05, 0) is 48.4 Å². The zero-order valence-electron chi connectivity index (χ0n) is 19.8. The number of ether oxygens (including phenoxy) is 3. The molecule has 2 heterocycles. The summed E-state index contributed by atoms with van der Waals surface area (Å²) in [5, 5.41) is 11.7. The minimum absolute atomic E-state index is 0.0379. The number of benzene rings is 2. The number of Topliss-reactive ketones (excluding diaryl/α,β-unsaturated/α-hetero) is 1. The van der Waals surface area contributed by atoms with Crippen molar-refractivity contribution in [2.75, 3.05) is 53.6 Å². The highest BCUT2D eigenvalue weighted by molar-refractivity contribution is 6.46. The summed E-state index contributed by atoms with van der Waals surface area (Å²) in [7, 11) is 3.06. The third-order valence-electron chi connectivity index (χ3n) is 6.36. The van der Waals surface area contributed by atoms with Gasteiger partial charge in [0, 0.05) is 36.8 Å². The van der Waals surface area contributed by atoms with E-state index in [1.165, 1.54) is 19.1 Å². The van der Waals surface area contributed by atoms with E-state index in [9.17, 15) is 14.7 Å². The van der Waals surface area contributed by atoms with E-state index in [0.29, 0.717) is 53.8 Å². The lowest BCUT2D eigenvalue weighted by molar-refractivity contribution is -0.140. The molecule has 8 nitrogen and oxygen atoms in total. The van der Waals surface area contributed by atoms with Gasteiger partial charge in [-0.1, -0.05) is 17.7 Å². The van der Waals surface area contributed by atoms with Gasteiger partial charge in [0.15, 0.2) is 11.5 Å². The van der Waals surface area contributed by atoms with Crippen molar-refractivity contribution < 1.29 is 28.9 Å². The van der Waals surface area contributed by atoms with Crippen LogP contribution in [0, 0.1) is 0 Å². The second-order valence-electron chi connectivity index (χ2n) is 8.42. The van der Waals surface area contributed by atoms with E-state index in [1.807, 2.05) is 0 Å². The number of rotatable bonds is 8. The number of hydrogen-bond donors (Lipinski definition) is 1. The molecule has 0 spiro atoms. The number of carbonyl (C=O) groups is 2. The maximum absolute atomic E-state index is 13.2. The Balaban J connectivity index is 1.71. The lowest BCUT2D eigenvalue weighted by Gasteiger charge is -2.29. The fourth-order valence-electron chi connectivity index (χ4n) is 4.53. The maximum Gasteiger partial charge on any atom is 0.295 e. The number of carbonyl (C=O) groups excluding carboxylic acids is 2. The fourth-order valence-corrected chi connectivity index (χ4v) is 4.66. The summed E-state index contributed by atoms with van der Waals surface area (Å²) in [6.07, 6.45) is 0.678. The predicted octanol–water partition coefficient (Wildman–Crippen LogP) is 3.50. The highest BCUT2D eigenvalue weighted by Crippen LogP contribution is 2.42. The van der Waals surface area contributed by atoms with Crippen LogP contribution in [0.5, 0.6) is 11.5 Å². The number of morpholine rings is 1. The number of nitrogens with zero attached hydrogens (tertiary/aromatic N) is 2. The Bertz CT molecular complexity index is 1110. The molecule has 2 aliphatic rings. The predicted molar refractivity (Wildman–Crippen MR) is 132 cm³/mol. The Morgan fingerprint density at radius 3 is 2.37 bits per heavy atom. The van der Waals surface area contributed by atoms with Crippen LogP contribution < -0.4 is 9.47 Å². The van der Waals surface area contributed by atoms with Gasteiger partial charge < -0.3 is 24.2 Å². The smallest absolute Gasteiger partial charge is 0.295 e. The maximum atomic E-state index is 13.2. The van der Waals surface area contributed by atoms with E-state index in [-0.39, 0.29) is 11.3 Å². The highest BCUT2D eigenvalue weighted by Gasteiger charge is 2.46. The average molecular weight is 501 g/mol. The number of aliphatic hydroxyl groups is 1. The van der Waals surface area contributed by atoms with Crippen molar-refractivity contribution in [2.45, 2.75) is 12.5 Å². The fraction of sp³-hybridized carbons (Fsp3) is 0.385. The van der Waals surface area contributed by atoms with Crippen molar-refractivity contribution in [3.63, 3.8) is 0 Å². The minimum Gasteiger partial charge on any atom is -0.507 e. The SMILES string of the molecule is COc1ccc(C2C(=C(O)c3ccc(Cl)cc3)C(=O)C(=O)N2CCCN2CCOCC2)cc1OC. The number of halogens is 1. The first-order chi connectivity index (χ1) is 16.9. The van der Waals surface area contributed by atoms with Crippen LogP contribution in [0.2, 0.25) is 5.02 Å². The van der Waals surface area contributed by atoms with Crippen LogP contribution in [0.4, 0.5) is 0 Å². The summed E-state index contributed by atoms with van der Waals surface area (Å²) in [5.74, 6) is -0.602. The monoisotopic (exact) mass is 500 g/mol. The molecular formula is C26H29ClN2O6. The van der Waals surface area contributed by atoms with Crippen molar-refractivity contribution in [1.29, 1.82) is 0 Å². The van der Waals surface area contributed by atoms with Crippen molar-refractivity contribution in [2.24, 2.45) is 0 Å². The molecule has 0 saturated carbocycles. The molecule has 186 valence electrons. The normalized spacial score (nSPS) is 20.3. The Labute approximate surface area is 209 Å². The molecule has 0 aliphatic carbocycles. The molecule has 2 aliphatic heterocycles. The Hall–Kier alpha value is -3.07. The van der Waals surface area contributed by atoms with Crippen molar-refractivity contribution in [1.82, 2.24) is 9.80 Å². The zero-order chi connectivity index (χ0) is 24.9. The largest absolute Gasteiger partial charge is 0.507 e. The van der Waals surface area contributed by atoms with Crippen LogP contribution in [0.25, 0.3) is 5.76 Å². The first-order valence-electron chi connectivity index (χ1n) is 11.5. The van der Waals surface area contributed by atoms with Gasteiger partial charge in [-0.3, -0.25) is 14.5 Å². The number of ketones is 1. The summed E-state index contributed by atoms with van der Waals surface area (Å²) in [6, 6.07) is 11.0. The molecule has 0 aromatic heterocycles.